The van der Waals surface area contributed by atoms with Crippen molar-refractivity contribution in [3.8, 4) is 0 Å². The lowest BCUT2D eigenvalue weighted by Crippen LogP contribution is -2.49. The van der Waals surface area contributed by atoms with Crippen molar-refractivity contribution in [2.75, 3.05) is 37.7 Å². The molecule has 5 fully saturated rings. The average molecular weight is 414 g/mol. The van der Waals surface area contributed by atoms with Crippen molar-refractivity contribution in [3.63, 3.8) is 0 Å². The van der Waals surface area contributed by atoms with Gasteiger partial charge in [-0.05, 0) is 80.2 Å². The molecule has 30 heavy (non-hydrogen) atoms. The maximum atomic E-state index is 12.6. The molecule has 0 radical (unpaired) electrons. The Labute approximate surface area is 177 Å². The summed E-state index contributed by atoms with van der Waals surface area (Å²) >= 11 is 0. The van der Waals surface area contributed by atoms with E-state index < -0.39 is 0 Å². The van der Waals surface area contributed by atoms with E-state index in [1.165, 1.54) is 50.7 Å². The number of nitro benzene ring substituents is 1. The first-order valence-electron chi connectivity index (χ1n) is 11.4. The third-order valence-corrected chi connectivity index (χ3v) is 7.99. The molecule has 1 aromatic rings. The van der Waals surface area contributed by atoms with Gasteiger partial charge in [0.1, 0.15) is 0 Å². The smallest absolute Gasteiger partial charge is 0.409 e. The van der Waals surface area contributed by atoms with Gasteiger partial charge in [0, 0.05) is 44.0 Å². The van der Waals surface area contributed by atoms with Gasteiger partial charge in [-0.1, -0.05) is 0 Å². The second-order valence-electron chi connectivity index (χ2n) is 10.0. The second-order valence-corrected chi connectivity index (χ2v) is 10.0. The highest BCUT2D eigenvalue weighted by molar-refractivity contribution is 5.68. The maximum absolute atomic E-state index is 12.6. The molecule has 0 atom stereocenters. The van der Waals surface area contributed by atoms with Crippen molar-refractivity contribution in [2.45, 2.75) is 44.9 Å². The SMILES string of the molecule is O=C(OCCC12CC3CC(CC(C3)C1)C2)N1CCN(c2ccc([N+](=O)[O-])cc2)CC1. The predicted octanol–water partition coefficient (Wildman–Crippen LogP) is 4.46. The molecular formula is C23H31N3O4. The van der Waals surface area contributed by atoms with E-state index in [9.17, 15) is 14.9 Å². The van der Waals surface area contributed by atoms with Crippen LogP contribution in [0.2, 0.25) is 0 Å². The van der Waals surface area contributed by atoms with E-state index in [2.05, 4.69) is 4.90 Å². The molecule has 0 spiro atoms. The topological polar surface area (TPSA) is 75.9 Å². The Bertz CT molecular complexity index is 766. The zero-order valence-electron chi connectivity index (χ0n) is 17.5. The van der Waals surface area contributed by atoms with Gasteiger partial charge in [0.05, 0.1) is 11.5 Å². The molecule has 0 aromatic heterocycles. The van der Waals surface area contributed by atoms with Crippen LogP contribution >= 0.6 is 0 Å². The summed E-state index contributed by atoms with van der Waals surface area (Å²) in [6.07, 6.45) is 9.22. The molecule has 0 unspecified atom stereocenters. The first kappa shape index (κ1) is 19.6. The molecule has 1 aliphatic heterocycles. The Morgan fingerprint density at radius 2 is 1.57 bits per heavy atom. The molecule has 1 aromatic carbocycles. The summed E-state index contributed by atoms with van der Waals surface area (Å²) in [7, 11) is 0. The van der Waals surface area contributed by atoms with Crippen LogP contribution in [0.15, 0.2) is 24.3 Å². The number of hydrogen-bond acceptors (Lipinski definition) is 5. The molecule has 4 bridgehead atoms. The normalized spacial score (nSPS) is 32.3. The van der Waals surface area contributed by atoms with Crippen molar-refractivity contribution >= 4 is 17.5 Å². The van der Waals surface area contributed by atoms with Crippen LogP contribution in [0.1, 0.15) is 44.9 Å². The highest BCUT2D eigenvalue weighted by Crippen LogP contribution is 2.61. The molecule has 4 saturated carbocycles. The van der Waals surface area contributed by atoms with Crippen molar-refractivity contribution in [3.05, 3.63) is 34.4 Å². The van der Waals surface area contributed by atoms with Crippen molar-refractivity contribution in [2.24, 2.45) is 23.2 Å². The Kier molecular flexibility index (Phi) is 5.07. The summed E-state index contributed by atoms with van der Waals surface area (Å²) in [6.45, 7) is 3.21. The van der Waals surface area contributed by atoms with Gasteiger partial charge in [0.25, 0.3) is 5.69 Å². The molecule has 4 aliphatic carbocycles. The number of non-ortho nitro benzene ring substituents is 1. The number of anilines is 1. The number of amides is 1. The molecule has 7 nitrogen and oxygen atoms in total. The lowest BCUT2D eigenvalue weighted by molar-refractivity contribution is -0.384. The molecular weight excluding hydrogens is 382 g/mol. The van der Waals surface area contributed by atoms with Crippen LogP contribution in [-0.4, -0.2) is 48.7 Å². The number of hydrogen-bond donors (Lipinski definition) is 0. The van der Waals surface area contributed by atoms with E-state index in [1.54, 1.807) is 17.0 Å². The molecule has 1 saturated heterocycles. The minimum atomic E-state index is -0.388. The third-order valence-electron chi connectivity index (χ3n) is 7.99. The molecule has 6 rings (SSSR count). The summed E-state index contributed by atoms with van der Waals surface area (Å²) in [5.41, 5.74) is 1.50. The van der Waals surface area contributed by atoms with Crippen LogP contribution in [0.4, 0.5) is 16.2 Å². The molecule has 5 aliphatic rings. The fourth-order valence-electron chi connectivity index (χ4n) is 6.97. The summed E-state index contributed by atoms with van der Waals surface area (Å²) in [4.78, 5) is 26.9. The minimum Gasteiger partial charge on any atom is -0.449 e. The summed E-state index contributed by atoms with van der Waals surface area (Å²) in [6, 6.07) is 6.61. The van der Waals surface area contributed by atoms with Gasteiger partial charge >= 0.3 is 6.09 Å². The van der Waals surface area contributed by atoms with E-state index in [0.29, 0.717) is 38.2 Å². The molecule has 1 heterocycles. The van der Waals surface area contributed by atoms with E-state index in [-0.39, 0.29) is 16.7 Å². The van der Waals surface area contributed by atoms with Crippen molar-refractivity contribution in [1.82, 2.24) is 4.90 Å². The van der Waals surface area contributed by atoms with Crippen LogP contribution in [0, 0.1) is 33.3 Å². The highest BCUT2D eigenvalue weighted by atomic mass is 16.6. The zero-order chi connectivity index (χ0) is 20.7. The lowest BCUT2D eigenvalue weighted by Gasteiger charge is -2.57. The standard InChI is InChI=1S/C23H31N3O4/c27-22(30-10-5-23-14-17-11-18(15-23)13-19(12-17)16-23)25-8-6-24(7-9-25)20-1-3-21(4-2-20)26(28)29/h1-4,17-19H,5-16H2. The van der Waals surface area contributed by atoms with Gasteiger partial charge < -0.3 is 14.5 Å². The Balaban J connectivity index is 1.08. The van der Waals surface area contributed by atoms with Gasteiger partial charge in [-0.25, -0.2) is 4.79 Å². The maximum Gasteiger partial charge on any atom is 0.409 e. The molecule has 0 N–H and O–H groups in total. The van der Waals surface area contributed by atoms with Gasteiger partial charge in [-0.3, -0.25) is 10.1 Å². The van der Waals surface area contributed by atoms with Crippen LogP contribution in [0.5, 0.6) is 0 Å². The van der Waals surface area contributed by atoms with E-state index in [0.717, 1.165) is 29.9 Å². The molecule has 1 amide bonds. The molecule has 7 heteroatoms. The number of nitro groups is 1. The predicted molar refractivity (Wildman–Crippen MR) is 113 cm³/mol. The van der Waals surface area contributed by atoms with E-state index >= 15 is 0 Å². The third kappa shape index (κ3) is 3.86. The number of carbonyl (C=O) groups excluding carboxylic acids is 1. The second kappa shape index (κ2) is 7.75. The van der Waals surface area contributed by atoms with Crippen LogP contribution in [-0.2, 0) is 4.74 Å². The summed E-state index contributed by atoms with van der Waals surface area (Å²) < 4.78 is 5.70. The Morgan fingerprint density at radius 1 is 1.00 bits per heavy atom. The Morgan fingerprint density at radius 3 is 2.10 bits per heavy atom. The van der Waals surface area contributed by atoms with E-state index in [4.69, 9.17) is 4.74 Å². The average Bonchev–Trinajstić information content (AvgIpc) is 2.73. The zero-order valence-corrected chi connectivity index (χ0v) is 17.5. The first-order valence-corrected chi connectivity index (χ1v) is 11.4. The van der Waals surface area contributed by atoms with Gasteiger partial charge in [0.2, 0.25) is 0 Å². The fourth-order valence-corrected chi connectivity index (χ4v) is 6.97. The largest absolute Gasteiger partial charge is 0.449 e. The van der Waals surface area contributed by atoms with Crippen LogP contribution < -0.4 is 4.90 Å². The first-order chi connectivity index (χ1) is 14.5. The minimum absolute atomic E-state index is 0.0972. The number of rotatable bonds is 5. The highest BCUT2D eigenvalue weighted by Gasteiger charge is 2.50. The lowest BCUT2D eigenvalue weighted by atomic mass is 9.49. The van der Waals surface area contributed by atoms with Crippen LogP contribution in [0.25, 0.3) is 0 Å². The summed E-state index contributed by atoms with van der Waals surface area (Å²) in [5, 5.41) is 10.8. The quantitative estimate of drug-likeness (QED) is 0.526. The van der Waals surface area contributed by atoms with Gasteiger partial charge in [-0.15, -0.1) is 0 Å². The number of benzene rings is 1. The molecule has 162 valence electrons. The van der Waals surface area contributed by atoms with Crippen LogP contribution in [0.3, 0.4) is 0 Å². The number of nitrogens with zero attached hydrogens (tertiary/aromatic N) is 3. The van der Waals surface area contributed by atoms with Crippen molar-refractivity contribution < 1.29 is 14.5 Å². The van der Waals surface area contributed by atoms with E-state index in [1.807, 2.05) is 0 Å². The summed E-state index contributed by atoms with van der Waals surface area (Å²) in [5.74, 6) is 2.79. The fraction of sp³-hybridized carbons (Fsp3) is 0.696. The Hall–Kier alpha value is -2.31. The monoisotopic (exact) mass is 413 g/mol. The van der Waals surface area contributed by atoms with Gasteiger partial charge in [-0.2, -0.15) is 0 Å². The number of piperazine rings is 1. The van der Waals surface area contributed by atoms with Gasteiger partial charge in [0.15, 0.2) is 0 Å². The van der Waals surface area contributed by atoms with Crippen molar-refractivity contribution in [1.29, 1.82) is 0 Å². The number of carbonyl (C=O) groups is 1. The number of ether oxygens (including phenoxy) is 1.